The number of guanidine groups is 1. The van der Waals surface area contributed by atoms with Crippen LogP contribution in [0.25, 0.3) is 0 Å². The second-order valence-electron chi connectivity index (χ2n) is 5.20. The second kappa shape index (κ2) is 8.19. The number of aliphatic imine (C=N–C) groups is 1. The summed E-state index contributed by atoms with van der Waals surface area (Å²) in [4.78, 5) is 6.83. The Labute approximate surface area is 128 Å². The molecule has 0 aromatic rings. The number of likely N-dealkylation sites (N-methyl/N-ethyl adjacent to an activating group) is 1. The summed E-state index contributed by atoms with van der Waals surface area (Å²) in [5.74, 6) is 1.87. The van der Waals surface area contributed by atoms with E-state index in [0.29, 0.717) is 6.04 Å². The van der Waals surface area contributed by atoms with E-state index in [1.54, 1.807) is 0 Å². The maximum absolute atomic E-state index is 4.28. The predicted octanol–water partition coefficient (Wildman–Crippen LogP) is 1.66. The quantitative estimate of drug-likeness (QED) is 0.442. The lowest BCUT2D eigenvalue weighted by Gasteiger charge is -2.23. The highest BCUT2D eigenvalue weighted by Gasteiger charge is 2.23. The summed E-state index contributed by atoms with van der Waals surface area (Å²) < 4.78 is 0. The number of likely N-dealkylation sites (tertiary alicyclic amines) is 1. The molecule has 1 unspecified atom stereocenters. The number of hydrogen-bond acceptors (Lipinski definition) is 2. The summed E-state index contributed by atoms with van der Waals surface area (Å²) in [6.07, 6.45) is 5.43. The van der Waals surface area contributed by atoms with Gasteiger partial charge in [-0.25, -0.2) is 0 Å². The van der Waals surface area contributed by atoms with Crippen LogP contribution in [0.2, 0.25) is 0 Å². The second-order valence-corrected chi connectivity index (χ2v) is 5.20. The molecule has 1 saturated heterocycles. The van der Waals surface area contributed by atoms with Crippen molar-refractivity contribution in [2.24, 2.45) is 10.9 Å². The van der Waals surface area contributed by atoms with E-state index in [1.165, 1.54) is 38.8 Å². The van der Waals surface area contributed by atoms with Crippen molar-refractivity contribution in [2.75, 3.05) is 33.2 Å². The molecule has 4 nitrogen and oxygen atoms in total. The fraction of sp³-hybridized carbons (Fsp3) is 0.923. The van der Waals surface area contributed by atoms with Gasteiger partial charge in [0, 0.05) is 26.2 Å². The molecule has 18 heavy (non-hydrogen) atoms. The minimum Gasteiger partial charge on any atom is -0.356 e. The molecule has 0 aromatic heterocycles. The lowest BCUT2D eigenvalue weighted by molar-refractivity contribution is 0.267. The van der Waals surface area contributed by atoms with Gasteiger partial charge < -0.3 is 10.6 Å². The first kappa shape index (κ1) is 16.0. The van der Waals surface area contributed by atoms with E-state index in [4.69, 9.17) is 0 Å². The molecule has 1 saturated carbocycles. The van der Waals surface area contributed by atoms with Gasteiger partial charge in [-0.05, 0) is 44.7 Å². The van der Waals surface area contributed by atoms with Gasteiger partial charge in [0.1, 0.15) is 0 Å². The van der Waals surface area contributed by atoms with E-state index in [2.05, 4.69) is 27.4 Å². The molecule has 5 heteroatoms. The molecule has 1 atom stereocenters. The van der Waals surface area contributed by atoms with E-state index >= 15 is 0 Å². The number of hydrogen-bond donors (Lipinski definition) is 2. The molecule has 0 spiro atoms. The number of halogens is 1. The molecule has 2 N–H and O–H groups in total. The Bertz CT molecular complexity index is 266. The summed E-state index contributed by atoms with van der Waals surface area (Å²) in [7, 11) is 1.86. The molecule has 0 radical (unpaired) electrons. The highest BCUT2D eigenvalue weighted by molar-refractivity contribution is 14.0. The summed E-state index contributed by atoms with van der Waals surface area (Å²) in [5.41, 5.74) is 0. The largest absolute Gasteiger partial charge is 0.356 e. The molecule has 0 amide bonds. The first-order chi connectivity index (χ1) is 8.33. The fourth-order valence-corrected chi connectivity index (χ4v) is 2.54. The van der Waals surface area contributed by atoms with Gasteiger partial charge in [-0.2, -0.15) is 0 Å². The van der Waals surface area contributed by atoms with Crippen LogP contribution in [-0.4, -0.2) is 50.1 Å². The molecular formula is C13H27IN4. The van der Waals surface area contributed by atoms with Gasteiger partial charge >= 0.3 is 0 Å². The Morgan fingerprint density at radius 2 is 1.94 bits per heavy atom. The third-order valence-electron chi connectivity index (χ3n) is 3.89. The maximum atomic E-state index is 4.28. The lowest BCUT2D eigenvalue weighted by atomic mass is 10.2. The molecule has 106 valence electrons. The fourth-order valence-electron chi connectivity index (χ4n) is 2.54. The predicted molar refractivity (Wildman–Crippen MR) is 87.8 cm³/mol. The van der Waals surface area contributed by atoms with Gasteiger partial charge in [-0.15, -0.1) is 24.0 Å². The van der Waals surface area contributed by atoms with E-state index in [0.717, 1.165) is 25.0 Å². The van der Waals surface area contributed by atoms with E-state index < -0.39 is 0 Å². The van der Waals surface area contributed by atoms with Gasteiger partial charge in [0.05, 0.1) is 0 Å². The normalized spacial score (nSPS) is 24.8. The van der Waals surface area contributed by atoms with Gasteiger partial charge in [-0.3, -0.25) is 9.89 Å². The van der Waals surface area contributed by atoms with Crippen molar-refractivity contribution in [3.63, 3.8) is 0 Å². The van der Waals surface area contributed by atoms with Crippen LogP contribution in [0.3, 0.4) is 0 Å². The zero-order chi connectivity index (χ0) is 12.1. The number of nitrogens with one attached hydrogen (secondary N) is 2. The van der Waals surface area contributed by atoms with Crippen LogP contribution in [0, 0.1) is 5.92 Å². The van der Waals surface area contributed by atoms with Crippen LogP contribution in [0.5, 0.6) is 0 Å². The van der Waals surface area contributed by atoms with Crippen molar-refractivity contribution < 1.29 is 0 Å². The van der Waals surface area contributed by atoms with Crippen LogP contribution in [0.4, 0.5) is 0 Å². The molecule has 0 aromatic carbocycles. The van der Waals surface area contributed by atoms with Crippen molar-refractivity contribution in [3.05, 3.63) is 0 Å². The summed E-state index contributed by atoms with van der Waals surface area (Å²) in [6.45, 7) is 6.79. The van der Waals surface area contributed by atoms with E-state index in [1.807, 2.05) is 7.05 Å². The molecule has 0 bridgehead atoms. The summed E-state index contributed by atoms with van der Waals surface area (Å²) >= 11 is 0. The van der Waals surface area contributed by atoms with Crippen LogP contribution < -0.4 is 10.6 Å². The Hall–Kier alpha value is -0.0400. The van der Waals surface area contributed by atoms with Gasteiger partial charge in [0.25, 0.3) is 0 Å². The topological polar surface area (TPSA) is 39.7 Å². The number of nitrogens with zero attached hydrogens (tertiary/aromatic N) is 2. The third-order valence-corrected chi connectivity index (χ3v) is 3.89. The Morgan fingerprint density at radius 3 is 2.56 bits per heavy atom. The highest BCUT2D eigenvalue weighted by atomic mass is 127. The minimum absolute atomic E-state index is 0. The standard InChI is InChI=1S/C13H26N4.HI/c1-3-17-8-4-5-12(17)10-16-13(14-2)15-9-11-6-7-11;/h11-12H,3-10H2,1-2H3,(H2,14,15,16);1H. The average molecular weight is 366 g/mol. The molecule has 2 rings (SSSR count). The average Bonchev–Trinajstić information content (AvgIpc) is 3.07. The van der Waals surface area contributed by atoms with Crippen LogP contribution in [0.15, 0.2) is 4.99 Å². The molecule has 1 aliphatic heterocycles. The zero-order valence-corrected chi connectivity index (χ0v) is 13.9. The van der Waals surface area contributed by atoms with Crippen LogP contribution in [-0.2, 0) is 0 Å². The maximum Gasteiger partial charge on any atom is 0.191 e. The highest BCUT2D eigenvalue weighted by Crippen LogP contribution is 2.27. The molecule has 1 heterocycles. The Kier molecular flexibility index (Phi) is 7.29. The van der Waals surface area contributed by atoms with Gasteiger partial charge in [0.15, 0.2) is 5.96 Å². The first-order valence-electron chi connectivity index (χ1n) is 7.02. The number of rotatable bonds is 5. The SMILES string of the molecule is CCN1CCCC1CNC(=NC)NCC1CC1.I. The minimum atomic E-state index is 0. The molecule has 2 fully saturated rings. The molecule has 2 aliphatic rings. The zero-order valence-electron chi connectivity index (χ0n) is 11.6. The third kappa shape index (κ3) is 4.91. The Balaban J connectivity index is 0.00000162. The smallest absolute Gasteiger partial charge is 0.191 e. The monoisotopic (exact) mass is 366 g/mol. The van der Waals surface area contributed by atoms with Crippen molar-refractivity contribution in [1.82, 2.24) is 15.5 Å². The first-order valence-corrected chi connectivity index (χ1v) is 7.02. The lowest BCUT2D eigenvalue weighted by Crippen LogP contribution is -2.45. The van der Waals surface area contributed by atoms with Gasteiger partial charge in [-0.1, -0.05) is 6.92 Å². The van der Waals surface area contributed by atoms with E-state index in [9.17, 15) is 0 Å². The van der Waals surface area contributed by atoms with Crippen molar-refractivity contribution >= 4 is 29.9 Å². The summed E-state index contributed by atoms with van der Waals surface area (Å²) in [6, 6.07) is 0.694. The van der Waals surface area contributed by atoms with Crippen molar-refractivity contribution in [2.45, 2.75) is 38.6 Å². The Morgan fingerprint density at radius 1 is 1.22 bits per heavy atom. The van der Waals surface area contributed by atoms with Gasteiger partial charge in [0.2, 0.25) is 0 Å². The van der Waals surface area contributed by atoms with Crippen molar-refractivity contribution in [1.29, 1.82) is 0 Å². The van der Waals surface area contributed by atoms with Crippen LogP contribution >= 0.6 is 24.0 Å². The summed E-state index contributed by atoms with van der Waals surface area (Å²) in [5, 5.41) is 6.86. The van der Waals surface area contributed by atoms with Crippen LogP contribution in [0.1, 0.15) is 32.6 Å². The van der Waals surface area contributed by atoms with E-state index in [-0.39, 0.29) is 24.0 Å². The molecule has 1 aliphatic carbocycles. The van der Waals surface area contributed by atoms with Crippen molar-refractivity contribution in [3.8, 4) is 0 Å². The molecular weight excluding hydrogens is 339 g/mol.